The van der Waals surface area contributed by atoms with Gasteiger partial charge in [0.1, 0.15) is 11.5 Å². The maximum atomic E-state index is 13.1. The summed E-state index contributed by atoms with van der Waals surface area (Å²) in [4.78, 5) is 30.8. The minimum absolute atomic E-state index is 0.0218. The summed E-state index contributed by atoms with van der Waals surface area (Å²) in [6.07, 6.45) is 4.12. The van der Waals surface area contributed by atoms with Gasteiger partial charge in [0.15, 0.2) is 0 Å². The molecule has 0 amide bonds. The molecule has 2 aromatic rings. The average molecular weight is 463 g/mol. The summed E-state index contributed by atoms with van der Waals surface area (Å²) in [5, 5.41) is 0. The van der Waals surface area contributed by atoms with Gasteiger partial charge in [0.2, 0.25) is 23.1 Å². The Balaban J connectivity index is 1.62. The quantitative estimate of drug-likeness (QED) is 0.404. The number of hydrogen-bond acceptors (Lipinski definition) is 6. The number of carbonyl (C=O) groups is 2. The van der Waals surface area contributed by atoms with Crippen molar-refractivity contribution in [1.82, 2.24) is 0 Å². The van der Waals surface area contributed by atoms with Crippen molar-refractivity contribution in [2.75, 3.05) is 36.0 Å². The lowest BCUT2D eigenvalue weighted by atomic mass is 10.1. The van der Waals surface area contributed by atoms with Crippen molar-refractivity contribution in [3.8, 4) is 11.5 Å². The molecule has 0 saturated heterocycles. The summed E-state index contributed by atoms with van der Waals surface area (Å²) in [5.41, 5.74) is 2.95. The Morgan fingerprint density at radius 1 is 0.588 bits per heavy atom. The topological polar surface area (TPSA) is 59.1 Å². The number of rotatable bonds is 10. The van der Waals surface area contributed by atoms with Gasteiger partial charge in [0.25, 0.3) is 0 Å². The van der Waals surface area contributed by atoms with E-state index in [2.05, 4.69) is 37.5 Å². The number of fused-ring (bicyclic) bond motifs is 2. The Morgan fingerprint density at radius 3 is 1.26 bits per heavy atom. The van der Waals surface area contributed by atoms with Crippen LogP contribution in [0.5, 0.6) is 11.5 Å². The van der Waals surface area contributed by atoms with Crippen LogP contribution in [0, 0.1) is 0 Å². The van der Waals surface area contributed by atoms with Gasteiger partial charge in [-0.15, -0.1) is 0 Å². The lowest BCUT2D eigenvalue weighted by Gasteiger charge is -2.24. The van der Waals surface area contributed by atoms with E-state index in [1.807, 2.05) is 24.3 Å². The zero-order valence-corrected chi connectivity index (χ0v) is 20.6. The lowest BCUT2D eigenvalue weighted by molar-refractivity contribution is 0.0960. The summed E-state index contributed by atoms with van der Waals surface area (Å²) in [6, 6.07) is 11.3. The molecule has 0 fully saturated rings. The van der Waals surface area contributed by atoms with Crippen LogP contribution in [0.15, 0.2) is 47.9 Å². The molecule has 6 heteroatoms. The van der Waals surface area contributed by atoms with Gasteiger partial charge >= 0.3 is 0 Å². The molecule has 34 heavy (non-hydrogen) atoms. The number of benzene rings is 2. The van der Waals surface area contributed by atoms with E-state index in [0.29, 0.717) is 22.6 Å². The third-order valence-electron chi connectivity index (χ3n) is 6.17. The fraction of sp³-hybridized carbons (Fsp3) is 0.429. The molecule has 2 heterocycles. The molecule has 2 aliphatic heterocycles. The SMILES string of the molecule is CCCN(CCC)c1ccc2c(c1)O/C(=C1/Oc3cc(N(CCC)CCC)ccc3C1=O)C2=O. The summed E-state index contributed by atoms with van der Waals surface area (Å²) in [5.74, 6) is 0.292. The van der Waals surface area contributed by atoms with Crippen molar-refractivity contribution in [2.24, 2.45) is 0 Å². The van der Waals surface area contributed by atoms with E-state index in [0.717, 1.165) is 63.2 Å². The number of ketones is 2. The van der Waals surface area contributed by atoms with E-state index < -0.39 is 0 Å². The Morgan fingerprint density at radius 2 is 0.941 bits per heavy atom. The molecule has 0 bridgehead atoms. The van der Waals surface area contributed by atoms with Crippen molar-refractivity contribution in [1.29, 1.82) is 0 Å². The van der Waals surface area contributed by atoms with Gasteiger partial charge in [0, 0.05) is 49.7 Å². The number of nitrogens with zero attached hydrogens (tertiary/aromatic N) is 2. The molecule has 180 valence electrons. The van der Waals surface area contributed by atoms with E-state index in [4.69, 9.17) is 9.47 Å². The van der Waals surface area contributed by atoms with Crippen LogP contribution in [-0.2, 0) is 0 Å². The highest BCUT2D eigenvalue weighted by molar-refractivity contribution is 6.21. The van der Waals surface area contributed by atoms with Crippen LogP contribution in [0.4, 0.5) is 11.4 Å². The number of anilines is 2. The zero-order valence-electron chi connectivity index (χ0n) is 20.6. The van der Waals surface area contributed by atoms with Crippen LogP contribution in [0.3, 0.4) is 0 Å². The summed E-state index contributed by atoms with van der Waals surface area (Å²) < 4.78 is 11.9. The standard InChI is InChI=1S/C28H34N2O4/c1-5-13-29(14-6-2)19-9-11-21-23(17-19)33-27(25(21)31)28-26(32)22-12-10-20(18-24(22)34-28)30(15-7-3)16-8-4/h9-12,17-18H,5-8,13-16H2,1-4H3/b28-27+. The van der Waals surface area contributed by atoms with Crippen LogP contribution >= 0.6 is 0 Å². The normalized spacial score (nSPS) is 16.2. The van der Waals surface area contributed by atoms with Gasteiger partial charge < -0.3 is 19.3 Å². The monoisotopic (exact) mass is 462 g/mol. The molecular weight excluding hydrogens is 428 g/mol. The van der Waals surface area contributed by atoms with Crippen molar-refractivity contribution >= 4 is 22.9 Å². The number of Topliss-reactive ketones (excluding diaryl/α,β-unsaturated/α-hetero) is 2. The second kappa shape index (κ2) is 10.3. The molecule has 0 spiro atoms. The Kier molecular flexibility index (Phi) is 7.25. The Bertz CT molecular complexity index is 1020. The van der Waals surface area contributed by atoms with E-state index in [1.54, 1.807) is 12.1 Å². The molecule has 2 aliphatic rings. The van der Waals surface area contributed by atoms with Crippen LogP contribution in [0.1, 0.15) is 74.1 Å². The van der Waals surface area contributed by atoms with Gasteiger partial charge in [-0.25, -0.2) is 0 Å². The molecule has 0 aromatic heterocycles. The van der Waals surface area contributed by atoms with Crippen LogP contribution in [0.2, 0.25) is 0 Å². The van der Waals surface area contributed by atoms with Gasteiger partial charge in [-0.2, -0.15) is 0 Å². The number of carbonyl (C=O) groups excluding carboxylic acids is 2. The molecule has 6 nitrogen and oxygen atoms in total. The van der Waals surface area contributed by atoms with E-state index in [-0.39, 0.29) is 23.1 Å². The first kappa shape index (κ1) is 23.9. The van der Waals surface area contributed by atoms with Gasteiger partial charge in [-0.3, -0.25) is 9.59 Å². The molecular formula is C28H34N2O4. The first-order valence-corrected chi connectivity index (χ1v) is 12.5. The molecule has 2 aromatic carbocycles. The molecule has 0 N–H and O–H groups in total. The molecule has 0 radical (unpaired) electrons. The highest BCUT2D eigenvalue weighted by Crippen LogP contribution is 2.40. The summed E-state index contributed by atoms with van der Waals surface area (Å²) >= 11 is 0. The zero-order chi connectivity index (χ0) is 24.2. The molecule has 0 aliphatic carbocycles. The molecule has 0 atom stereocenters. The molecule has 0 unspecified atom stereocenters. The average Bonchev–Trinajstić information content (AvgIpc) is 3.34. The fourth-order valence-electron chi connectivity index (χ4n) is 4.64. The third kappa shape index (κ3) is 4.41. The lowest BCUT2D eigenvalue weighted by Crippen LogP contribution is -2.24. The van der Waals surface area contributed by atoms with Crippen LogP contribution in [-0.4, -0.2) is 37.7 Å². The number of allylic oxidation sites excluding steroid dienone is 2. The Labute approximate surface area is 202 Å². The van der Waals surface area contributed by atoms with E-state index in [1.165, 1.54) is 0 Å². The van der Waals surface area contributed by atoms with Crippen molar-refractivity contribution in [3.63, 3.8) is 0 Å². The van der Waals surface area contributed by atoms with Gasteiger partial charge in [-0.05, 0) is 49.9 Å². The first-order valence-electron chi connectivity index (χ1n) is 12.5. The van der Waals surface area contributed by atoms with Crippen molar-refractivity contribution in [3.05, 3.63) is 59.0 Å². The maximum absolute atomic E-state index is 13.1. The van der Waals surface area contributed by atoms with Crippen molar-refractivity contribution in [2.45, 2.75) is 53.4 Å². The smallest absolute Gasteiger partial charge is 0.236 e. The fourth-order valence-corrected chi connectivity index (χ4v) is 4.64. The van der Waals surface area contributed by atoms with E-state index in [9.17, 15) is 9.59 Å². The predicted molar refractivity (Wildman–Crippen MR) is 135 cm³/mol. The molecule has 4 rings (SSSR count). The number of ether oxygens (including phenoxy) is 2. The predicted octanol–water partition coefficient (Wildman–Crippen LogP) is 6.00. The summed E-state index contributed by atoms with van der Waals surface area (Å²) in [6.45, 7) is 12.3. The third-order valence-corrected chi connectivity index (χ3v) is 6.17. The highest BCUT2D eigenvalue weighted by atomic mass is 16.5. The van der Waals surface area contributed by atoms with E-state index >= 15 is 0 Å². The summed E-state index contributed by atoms with van der Waals surface area (Å²) in [7, 11) is 0. The van der Waals surface area contributed by atoms with Crippen LogP contribution < -0.4 is 19.3 Å². The number of hydrogen-bond donors (Lipinski definition) is 0. The maximum Gasteiger partial charge on any atom is 0.236 e. The second-order valence-electron chi connectivity index (χ2n) is 8.86. The minimum Gasteiger partial charge on any atom is -0.448 e. The largest absolute Gasteiger partial charge is 0.448 e. The molecule has 0 saturated carbocycles. The Hall–Kier alpha value is -3.28. The van der Waals surface area contributed by atoms with Gasteiger partial charge in [-0.1, -0.05) is 27.7 Å². The van der Waals surface area contributed by atoms with Crippen molar-refractivity contribution < 1.29 is 19.1 Å². The highest BCUT2D eigenvalue weighted by Gasteiger charge is 2.39. The minimum atomic E-state index is -0.311. The second-order valence-corrected chi connectivity index (χ2v) is 8.86. The van der Waals surface area contributed by atoms with Crippen LogP contribution in [0.25, 0.3) is 0 Å². The van der Waals surface area contributed by atoms with Gasteiger partial charge in [0.05, 0.1) is 11.1 Å². The first-order chi connectivity index (χ1) is 16.5.